The number of carbonyl (C=O) groups is 1. The fourth-order valence-electron chi connectivity index (χ4n) is 2.86. The average Bonchev–Trinajstić information content (AvgIpc) is 3.06. The molecule has 1 aromatic carbocycles. The van der Waals surface area contributed by atoms with Gasteiger partial charge in [0.2, 0.25) is 0 Å². The zero-order chi connectivity index (χ0) is 13.2. The molecule has 1 amide bonds. The van der Waals surface area contributed by atoms with Crippen LogP contribution >= 0.6 is 0 Å². The molecule has 1 saturated heterocycles. The number of ether oxygens (including phenoxy) is 1. The minimum Gasteiger partial charge on any atom is -0.484 e. The zero-order valence-corrected chi connectivity index (χ0v) is 11.0. The molecule has 1 atom stereocenters. The first-order valence-corrected chi connectivity index (χ1v) is 6.95. The summed E-state index contributed by atoms with van der Waals surface area (Å²) < 4.78 is 5.57. The lowest BCUT2D eigenvalue weighted by Gasteiger charge is -2.15. The third kappa shape index (κ3) is 2.59. The number of amides is 1. The van der Waals surface area contributed by atoms with Gasteiger partial charge in [-0.15, -0.1) is 0 Å². The van der Waals surface area contributed by atoms with E-state index in [1.807, 2.05) is 23.1 Å². The number of benzene rings is 1. The van der Waals surface area contributed by atoms with Crippen LogP contribution in [0.5, 0.6) is 5.75 Å². The molecular formula is C15H19NO3. The minimum atomic E-state index is -0.338. The first-order chi connectivity index (χ1) is 9.24. The van der Waals surface area contributed by atoms with Crippen LogP contribution in [0.25, 0.3) is 0 Å². The van der Waals surface area contributed by atoms with Gasteiger partial charge < -0.3 is 14.7 Å². The molecule has 4 heteroatoms. The number of nitrogens with zero attached hydrogens (tertiary/aromatic N) is 1. The van der Waals surface area contributed by atoms with Crippen LogP contribution in [0.1, 0.15) is 36.5 Å². The highest BCUT2D eigenvalue weighted by atomic mass is 16.5. The van der Waals surface area contributed by atoms with E-state index < -0.39 is 0 Å². The fraction of sp³-hybridized carbons (Fsp3) is 0.533. The molecular weight excluding hydrogens is 242 g/mol. The molecule has 1 N–H and O–H groups in total. The van der Waals surface area contributed by atoms with E-state index in [-0.39, 0.29) is 18.6 Å². The van der Waals surface area contributed by atoms with E-state index in [0.29, 0.717) is 0 Å². The van der Waals surface area contributed by atoms with Gasteiger partial charge in [0.05, 0.1) is 6.10 Å². The first kappa shape index (κ1) is 12.5. The summed E-state index contributed by atoms with van der Waals surface area (Å²) in [5.74, 6) is 0.790. The SMILES string of the molecule is O=C(COc1ccc2c(c1)CC[C@@H]2O)N1CCCC1. The van der Waals surface area contributed by atoms with E-state index in [0.717, 1.165) is 55.6 Å². The number of aliphatic hydroxyl groups is 1. The number of hydrogen-bond acceptors (Lipinski definition) is 3. The number of fused-ring (bicyclic) bond motifs is 1. The van der Waals surface area contributed by atoms with E-state index in [2.05, 4.69) is 0 Å². The molecule has 19 heavy (non-hydrogen) atoms. The van der Waals surface area contributed by atoms with E-state index >= 15 is 0 Å². The summed E-state index contributed by atoms with van der Waals surface area (Å²) in [6.07, 6.45) is 3.53. The van der Waals surface area contributed by atoms with Crippen molar-refractivity contribution >= 4 is 5.91 Å². The van der Waals surface area contributed by atoms with Crippen LogP contribution in [0.3, 0.4) is 0 Å². The average molecular weight is 261 g/mol. The van der Waals surface area contributed by atoms with Crippen LogP contribution < -0.4 is 4.74 Å². The molecule has 1 aliphatic heterocycles. The Kier molecular flexibility index (Phi) is 3.42. The van der Waals surface area contributed by atoms with Crippen molar-refractivity contribution in [2.24, 2.45) is 0 Å². The first-order valence-electron chi connectivity index (χ1n) is 6.95. The van der Waals surface area contributed by atoms with Crippen molar-refractivity contribution in [3.63, 3.8) is 0 Å². The minimum absolute atomic E-state index is 0.0676. The summed E-state index contributed by atoms with van der Waals surface area (Å²) in [6.45, 7) is 1.83. The lowest BCUT2D eigenvalue weighted by Crippen LogP contribution is -2.32. The molecule has 0 aromatic heterocycles. The summed E-state index contributed by atoms with van der Waals surface area (Å²) in [4.78, 5) is 13.7. The molecule has 3 rings (SSSR count). The maximum atomic E-state index is 11.9. The third-order valence-electron chi connectivity index (χ3n) is 3.98. The van der Waals surface area contributed by atoms with Crippen LogP contribution in [0.2, 0.25) is 0 Å². The lowest BCUT2D eigenvalue weighted by molar-refractivity contribution is -0.132. The number of aryl methyl sites for hydroxylation is 1. The Balaban J connectivity index is 1.60. The second kappa shape index (κ2) is 5.21. The van der Waals surface area contributed by atoms with E-state index in [4.69, 9.17) is 4.74 Å². The van der Waals surface area contributed by atoms with Crippen LogP contribution in [0.4, 0.5) is 0 Å². The monoisotopic (exact) mass is 261 g/mol. The van der Waals surface area contributed by atoms with Gasteiger partial charge in [-0.1, -0.05) is 6.07 Å². The molecule has 0 unspecified atom stereocenters. The molecule has 1 heterocycles. The maximum absolute atomic E-state index is 11.9. The number of rotatable bonds is 3. The van der Waals surface area contributed by atoms with E-state index in [1.165, 1.54) is 0 Å². The number of likely N-dealkylation sites (tertiary alicyclic amines) is 1. The largest absolute Gasteiger partial charge is 0.484 e. The van der Waals surface area contributed by atoms with Gasteiger partial charge in [-0.25, -0.2) is 0 Å². The third-order valence-corrected chi connectivity index (χ3v) is 3.98. The van der Waals surface area contributed by atoms with Gasteiger partial charge in [-0.2, -0.15) is 0 Å². The number of carbonyl (C=O) groups excluding carboxylic acids is 1. The molecule has 1 aromatic rings. The van der Waals surface area contributed by atoms with Crippen molar-refractivity contribution in [1.82, 2.24) is 4.90 Å². The van der Waals surface area contributed by atoms with Gasteiger partial charge in [0.25, 0.3) is 5.91 Å². The van der Waals surface area contributed by atoms with Crippen molar-refractivity contribution in [2.75, 3.05) is 19.7 Å². The Labute approximate surface area is 113 Å². The van der Waals surface area contributed by atoms with Crippen molar-refractivity contribution in [1.29, 1.82) is 0 Å². The smallest absolute Gasteiger partial charge is 0.260 e. The quantitative estimate of drug-likeness (QED) is 0.900. The summed E-state index contributed by atoms with van der Waals surface area (Å²) in [5, 5.41) is 9.73. The maximum Gasteiger partial charge on any atom is 0.260 e. The lowest BCUT2D eigenvalue weighted by atomic mass is 10.1. The highest BCUT2D eigenvalue weighted by molar-refractivity contribution is 5.78. The van der Waals surface area contributed by atoms with E-state index in [1.54, 1.807) is 0 Å². The normalized spacial score (nSPS) is 21.5. The second-order valence-corrected chi connectivity index (χ2v) is 5.29. The predicted octanol–water partition coefficient (Wildman–Crippen LogP) is 1.67. The molecule has 0 saturated carbocycles. The fourth-order valence-corrected chi connectivity index (χ4v) is 2.86. The van der Waals surface area contributed by atoms with Crippen LogP contribution in [0, 0.1) is 0 Å². The molecule has 4 nitrogen and oxygen atoms in total. The molecule has 1 fully saturated rings. The van der Waals surface area contributed by atoms with Crippen molar-refractivity contribution in [3.8, 4) is 5.75 Å². The highest BCUT2D eigenvalue weighted by Gasteiger charge is 2.21. The summed E-state index contributed by atoms with van der Waals surface area (Å²) >= 11 is 0. The predicted molar refractivity (Wildman–Crippen MR) is 71.0 cm³/mol. The molecule has 2 aliphatic rings. The highest BCUT2D eigenvalue weighted by Crippen LogP contribution is 2.33. The standard InChI is InChI=1S/C15H19NO3/c17-14-6-3-11-9-12(4-5-13(11)14)19-10-15(18)16-7-1-2-8-16/h4-5,9,14,17H,1-3,6-8,10H2/t14-/m0/s1. The summed E-state index contributed by atoms with van der Waals surface area (Å²) in [6, 6.07) is 5.69. The van der Waals surface area contributed by atoms with Crippen molar-refractivity contribution < 1.29 is 14.6 Å². The Morgan fingerprint density at radius 1 is 1.37 bits per heavy atom. The molecule has 102 valence electrons. The topological polar surface area (TPSA) is 49.8 Å². The van der Waals surface area contributed by atoms with Crippen molar-refractivity contribution in [2.45, 2.75) is 31.8 Å². The zero-order valence-electron chi connectivity index (χ0n) is 11.0. The molecule has 1 aliphatic carbocycles. The molecule has 0 spiro atoms. The Morgan fingerprint density at radius 2 is 2.16 bits per heavy atom. The molecule has 0 radical (unpaired) electrons. The summed E-state index contributed by atoms with van der Waals surface area (Å²) in [5.41, 5.74) is 2.14. The van der Waals surface area contributed by atoms with Crippen LogP contribution in [-0.2, 0) is 11.2 Å². The van der Waals surface area contributed by atoms with Gasteiger partial charge in [-0.3, -0.25) is 4.79 Å². The van der Waals surface area contributed by atoms with Gasteiger partial charge in [0.1, 0.15) is 5.75 Å². The number of aliphatic hydroxyl groups excluding tert-OH is 1. The van der Waals surface area contributed by atoms with Crippen LogP contribution in [0.15, 0.2) is 18.2 Å². The van der Waals surface area contributed by atoms with Gasteiger partial charge in [-0.05, 0) is 48.9 Å². The Bertz CT molecular complexity index is 480. The van der Waals surface area contributed by atoms with Crippen LogP contribution in [-0.4, -0.2) is 35.6 Å². The summed E-state index contributed by atoms with van der Waals surface area (Å²) in [7, 11) is 0. The van der Waals surface area contributed by atoms with E-state index in [9.17, 15) is 9.90 Å². The van der Waals surface area contributed by atoms with Gasteiger partial charge >= 0.3 is 0 Å². The number of hydrogen-bond donors (Lipinski definition) is 1. The Hall–Kier alpha value is -1.55. The van der Waals surface area contributed by atoms with Gasteiger partial charge in [0, 0.05) is 13.1 Å². The second-order valence-electron chi connectivity index (χ2n) is 5.29. The molecule has 0 bridgehead atoms. The Morgan fingerprint density at radius 3 is 2.95 bits per heavy atom. The van der Waals surface area contributed by atoms with Gasteiger partial charge in [0.15, 0.2) is 6.61 Å². The van der Waals surface area contributed by atoms with Crippen molar-refractivity contribution in [3.05, 3.63) is 29.3 Å².